The summed E-state index contributed by atoms with van der Waals surface area (Å²) in [5.74, 6) is -16.0. The van der Waals surface area contributed by atoms with E-state index in [1.807, 2.05) is 54.6 Å². The minimum absolute atomic E-state index is 0.0715. The first kappa shape index (κ1) is 51.4. The van der Waals surface area contributed by atoms with E-state index in [4.69, 9.17) is 0 Å². The van der Waals surface area contributed by atoms with Gasteiger partial charge in [-0.3, -0.25) is 0 Å². The second kappa shape index (κ2) is 18.8. The molecule has 13 aromatic carbocycles. The topological polar surface area (TPSA) is 324 Å². The van der Waals surface area contributed by atoms with Crippen molar-refractivity contribution in [3.8, 4) is 170 Å². The van der Waals surface area contributed by atoms with Crippen molar-refractivity contribution < 1.29 is 81.7 Å². The van der Waals surface area contributed by atoms with E-state index >= 15 is 0 Å². The quantitative estimate of drug-likeness (QED) is 0.0401. The maximum atomic E-state index is 11.8. The monoisotopic (exact) mass is 1120 g/mol. The van der Waals surface area contributed by atoms with Gasteiger partial charge in [-0.1, -0.05) is 170 Å². The van der Waals surface area contributed by atoms with Crippen LogP contribution < -0.4 is 0 Å². The Hall–Kier alpha value is -12.0. The number of phenols is 16. The Labute approximate surface area is 473 Å². The highest BCUT2D eigenvalue weighted by Gasteiger charge is 2.35. The average Bonchev–Trinajstić information content (AvgIpc) is 0.808. The highest BCUT2D eigenvalue weighted by Crippen LogP contribution is 2.64. The van der Waals surface area contributed by atoms with Crippen molar-refractivity contribution in [3.05, 3.63) is 170 Å². The Kier molecular flexibility index (Phi) is 11.5. The van der Waals surface area contributed by atoms with Gasteiger partial charge in [0.25, 0.3) is 0 Å². The summed E-state index contributed by atoms with van der Waals surface area (Å²) in [4.78, 5) is 0. The van der Waals surface area contributed by atoms with Gasteiger partial charge in [0.05, 0.1) is 0 Å². The molecule has 0 saturated carbocycles. The summed E-state index contributed by atoms with van der Waals surface area (Å²) in [6, 6.07) is 48.7. The number of aromatic hydroxyl groups is 16. The molecule has 0 aliphatic rings. The first-order chi connectivity index (χ1) is 40.4. The maximum absolute atomic E-state index is 11.8. The van der Waals surface area contributed by atoms with Gasteiger partial charge in [0, 0.05) is 65.3 Å². The molecule has 0 aromatic heterocycles. The van der Waals surface area contributed by atoms with Gasteiger partial charge in [0.2, 0.25) is 46.0 Å². The molecule has 0 spiro atoms. The lowest BCUT2D eigenvalue weighted by Gasteiger charge is -2.23. The van der Waals surface area contributed by atoms with Gasteiger partial charge in [0.1, 0.15) is 0 Å². The standard InChI is InChI=1S/C68H44O16/c69-53-45-41(36-23-17-30(18-24-36)29-7-2-1-3-8-29)46-48(56(72)64(80)62(78)54(46)70)42(47(45)55(71)63(79)61(53)77)37-25-19-33(20-26-37)31-13-15-32(16-14-31)34-21-27-38(28-22-34)43-49-51(59(75)67(83)65(81)57(49)73)44(40-12-6-10-35-9-4-5-11-39(35)40)52-50(43)58(74)66(82)68(84)60(52)76/h1-28,69-84H. The molecular weight excluding hydrogens is 1070 g/mol. The van der Waals surface area contributed by atoms with Crippen LogP contribution in [0.4, 0.5) is 0 Å². The van der Waals surface area contributed by atoms with Crippen molar-refractivity contribution in [1.82, 2.24) is 0 Å². The van der Waals surface area contributed by atoms with E-state index in [0.29, 0.717) is 38.6 Å². The second-order valence-electron chi connectivity index (χ2n) is 20.3. The normalized spacial score (nSPS) is 11.6. The lowest BCUT2D eigenvalue weighted by Crippen LogP contribution is -1.95. The molecule has 0 heterocycles. The number of hydrogen-bond acceptors (Lipinski definition) is 16. The van der Waals surface area contributed by atoms with Crippen LogP contribution in [0.25, 0.3) is 132 Å². The number of phenolic OH excluding ortho intramolecular Hbond substituents is 16. The fraction of sp³-hybridized carbons (Fsp3) is 0. The third-order valence-corrected chi connectivity index (χ3v) is 15.8. The van der Waals surface area contributed by atoms with Crippen LogP contribution in [0, 0.1) is 0 Å². The molecule has 0 amide bonds. The molecule has 16 N–H and O–H groups in total. The molecule has 0 radical (unpaired) electrons. The number of rotatable bonds is 7. The molecule has 84 heavy (non-hydrogen) atoms. The fourth-order valence-electron chi connectivity index (χ4n) is 11.8. The van der Waals surface area contributed by atoms with Crippen LogP contribution in [-0.4, -0.2) is 81.7 Å². The van der Waals surface area contributed by atoms with E-state index in [1.54, 1.807) is 115 Å². The Bertz CT molecular complexity index is 4800. The zero-order chi connectivity index (χ0) is 58.9. The molecule has 0 bridgehead atoms. The van der Waals surface area contributed by atoms with Crippen molar-refractivity contribution in [2.45, 2.75) is 0 Å². The highest BCUT2D eigenvalue weighted by atomic mass is 16.4. The van der Waals surface area contributed by atoms with Crippen molar-refractivity contribution in [2.75, 3.05) is 0 Å². The number of hydrogen-bond donors (Lipinski definition) is 16. The second-order valence-corrected chi connectivity index (χ2v) is 20.3. The Morgan fingerprint density at radius 3 is 0.655 bits per heavy atom. The third kappa shape index (κ3) is 7.34. The van der Waals surface area contributed by atoms with Crippen LogP contribution in [0.1, 0.15) is 0 Å². The summed E-state index contributed by atoms with van der Waals surface area (Å²) in [6.45, 7) is 0. The van der Waals surface area contributed by atoms with E-state index in [-0.39, 0.29) is 82.0 Å². The molecule has 16 heteroatoms. The molecule has 0 fully saturated rings. The van der Waals surface area contributed by atoms with Crippen LogP contribution in [0.15, 0.2) is 170 Å². The van der Waals surface area contributed by atoms with Gasteiger partial charge in [0.15, 0.2) is 46.0 Å². The largest absolute Gasteiger partial charge is 0.504 e. The summed E-state index contributed by atoms with van der Waals surface area (Å²) in [7, 11) is 0. The van der Waals surface area contributed by atoms with Crippen LogP contribution in [0.2, 0.25) is 0 Å². The molecular formula is C68H44O16. The van der Waals surface area contributed by atoms with Crippen LogP contribution in [-0.2, 0) is 0 Å². The van der Waals surface area contributed by atoms with E-state index in [9.17, 15) is 81.7 Å². The predicted octanol–water partition coefficient (Wildman–Crippen LogP) is 14.4. The minimum Gasteiger partial charge on any atom is -0.504 e. The summed E-state index contributed by atoms with van der Waals surface area (Å²) in [6.07, 6.45) is 0. The summed E-state index contributed by atoms with van der Waals surface area (Å²) in [5, 5.41) is 181. The van der Waals surface area contributed by atoms with Crippen molar-refractivity contribution in [1.29, 1.82) is 0 Å². The van der Waals surface area contributed by atoms with Crippen LogP contribution >= 0.6 is 0 Å². The van der Waals surface area contributed by atoms with Gasteiger partial charge in [-0.15, -0.1) is 0 Å². The average molecular weight is 1120 g/mol. The SMILES string of the molecule is Oc1c(O)c(O)c2c(-c3ccc(-c4ccc(-c5ccc(-c6c7c(O)c(O)c(O)c(O)c7c(-c7cccc8ccccc78)c7c(O)c(O)c(O)c(O)c67)cc5)cc4)cc3)c3c(O)c(O)c(O)c(O)c3c(-c3ccc(-c4ccccc4)cc3)c2c1O. The molecule has 0 aliphatic carbocycles. The van der Waals surface area contributed by atoms with Crippen LogP contribution in [0.3, 0.4) is 0 Å². The highest BCUT2D eigenvalue weighted by molar-refractivity contribution is 6.31. The summed E-state index contributed by atoms with van der Waals surface area (Å²) >= 11 is 0. The Balaban J connectivity index is 0.917. The molecule has 0 unspecified atom stereocenters. The Morgan fingerprint density at radius 2 is 0.369 bits per heavy atom. The van der Waals surface area contributed by atoms with Crippen molar-refractivity contribution in [3.63, 3.8) is 0 Å². The lowest BCUT2D eigenvalue weighted by molar-refractivity contribution is 0.350. The number of fused-ring (bicyclic) bond motifs is 5. The van der Waals surface area contributed by atoms with Crippen LogP contribution in [0.5, 0.6) is 92.0 Å². The van der Waals surface area contributed by atoms with Gasteiger partial charge >= 0.3 is 0 Å². The smallest absolute Gasteiger partial charge is 0.204 e. The molecule has 412 valence electrons. The van der Waals surface area contributed by atoms with Gasteiger partial charge in [-0.05, 0) is 66.4 Å². The van der Waals surface area contributed by atoms with Crippen molar-refractivity contribution in [2.24, 2.45) is 0 Å². The first-order valence-electron chi connectivity index (χ1n) is 25.8. The fourth-order valence-corrected chi connectivity index (χ4v) is 11.8. The molecule has 0 saturated heterocycles. The maximum Gasteiger partial charge on any atom is 0.204 e. The molecule has 13 rings (SSSR count). The van der Waals surface area contributed by atoms with Gasteiger partial charge < -0.3 is 81.7 Å². The zero-order valence-corrected chi connectivity index (χ0v) is 43.3. The van der Waals surface area contributed by atoms with E-state index < -0.39 is 92.0 Å². The lowest BCUT2D eigenvalue weighted by atomic mass is 9.82. The van der Waals surface area contributed by atoms with Gasteiger partial charge in [-0.25, -0.2) is 0 Å². The van der Waals surface area contributed by atoms with E-state index in [0.717, 1.165) is 11.1 Å². The molecule has 16 nitrogen and oxygen atoms in total. The first-order valence-corrected chi connectivity index (χ1v) is 25.8. The molecule has 13 aromatic rings. The molecule has 0 aliphatic heterocycles. The van der Waals surface area contributed by atoms with E-state index in [2.05, 4.69) is 0 Å². The van der Waals surface area contributed by atoms with Crippen molar-refractivity contribution >= 4 is 53.9 Å². The number of benzene rings is 13. The Morgan fingerprint density at radius 1 is 0.155 bits per heavy atom. The summed E-state index contributed by atoms with van der Waals surface area (Å²) in [5.41, 5.74) is 4.93. The third-order valence-electron chi connectivity index (χ3n) is 15.8. The summed E-state index contributed by atoms with van der Waals surface area (Å²) < 4.78 is 0. The van der Waals surface area contributed by atoms with Gasteiger partial charge in [-0.2, -0.15) is 0 Å². The minimum atomic E-state index is -1.10. The predicted molar refractivity (Wildman–Crippen MR) is 319 cm³/mol. The molecule has 0 atom stereocenters. The van der Waals surface area contributed by atoms with E-state index in [1.165, 1.54) is 0 Å². The zero-order valence-electron chi connectivity index (χ0n) is 43.3.